The first-order valence-corrected chi connectivity index (χ1v) is 6.70. The van der Waals surface area contributed by atoms with E-state index >= 15 is 0 Å². The zero-order valence-corrected chi connectivity index (χ0v) is 11.3. The molecular weight excluding hydrogens is 232 g/mol. The number of carbonyl (C=O) groups excluding carboxylic acids is 2. The summed E-state index contributed by atoms with van der Waals surface area (Å²) in [6, 6.07) is 0. The largest absolute Gasteiger partial charge is 0.452 e. The fourth-order valence-electron chi connectivity index (χ4n) is 2.23. The van der Waals surface area contributed by atoms with Crippen molar-refractivity contribution in [2.24, 2.45) is 17.6 Å². The smallest absolute Gasteiger partial charge is 0.306 e. The third-order valence-corrected chi connectivity index (χ3v) is 3.10. The van der Waals surface area contributed by atoms with Gasteiger partial charge in [-0.15, -0.1) is 0 Å². The minimum Gasteiger partial charge on any atom is -0.452 e. The lowest BCUT2D eigenvalue weighted by molar-refractivity contribution is -0.158. The maximum absolute atomic E-state index is 11.7. The van der Waals surface area contributed by atoms with Crippen LogP contribution < -0.4 is 11.1 Å². The van der Waals surface area contributed by atoms with Gasteiger partial charge < -0.3 is 15.8 Å². The van der Waals surface area contributed by atoms with E-state index in [-0.39, 0.29) is 17.8 Å². The third-order valence-electron chi connectivity index (χ3n) is 3.10. The van der Waals surface area contributed by atoms with Crippen LogP contribution in [0.3, 0.4) is 0 Å². The summed E-state index contributed by atoms with van der Waals surface area (Å²) >= 11 is 0. The average Bonchev–Trinajstić information content (AvgIpc) is 2.30. The van der Waals surface area contributed by atoms with Crippen LogP contribution in [0.1, 0.15) is 39.5 Å². The molecule has 1 rings (SSSR count). The molecule has 1 aliphatic heterocycles. The summed E-state index contributed by atoms with van der Waals surface area (Å²) in [4.78, 5) is 23.2. The van der Waals surface area contributed by atoms with Crippen molar-refractivity contribution in [2.75, 3.05) is 13.1 Å². The minimum atomic E-state index is -0.608. The molecule has 0 radical (unpaired) electrons. The lowest BCUT2D eigenvalue weighted by Crippen LogP contribution is -2.42. The highest BCUT2D eigenvalue weighted by molar-refractivity contribution is 5.84. The van der Waals surface area contributed by atoms with Crippen molar-refractivity contribution in [2.45, 2.75) is 45.6 Å². The molecule has 0 saturated carbocycles. The van der Waals surface area contributed by atoms with E-state index in [1.807, 2.05) is 0 Å². The van der Waals surface area contributed by atoms with Gasteiger partial charge in [-0.2, -0.15) is 0 Å². The topological polar surface area (TPSA) is 81.4 Å². The van der Waals surface area contributed by atoms with Gasteiger partial charge in [-0.05, 0) is 37.6 Å². The maximum atomic E-state index is 11.7. The van der Waals surface area contributed by atoms with Gasteiger partial charge in [0.05, 0.1) is 0 Å². The zero-order valence-electron chi connectivity index (χ0n) is 11.3. The Bertz CT molecular complexity index is 292. The Morgan fingerprint density at radius 2 is 2.28 bits per heavy atom. The van der Waals surface area contributed by atoms with Gasteiger partial charge in [0.2, 0.25) is 0 Å². The first-order chi connectivity index (χ1) is 8.52. The summed E-state index contributed by atoms with van der Waals surface area (Å²) in [5, 5.41) is 2.70. The van der Waals surface area contributed by atoms with Crippen LogP contribution in [0.2, 0.25) is 0 Å². The first kappa shape index (κ1) is 15.0. The molecule has 104 valence electrons. The second-order valence-corrected chi connectivity index (χ2v) is 5.35. The fourth-order valence-corrected chi connectivity index (χ4v) is 2.23. The molecule has 0 unspecified atom stereocenters. The summed E-state index contributed by atoms with van der Waals surface area (Å²) in [6.45, 7) is 5.35. The normalized spacial score (nSPS) is 21.6. The van der Waals surface area contributed by atoms with Gasteiger partial charge in [-0.1, -0.05) is 13.8 Å². The molecule has 18 heavy (non-hydrogen) atoms. The molecule has 1 saturated heterocycles. The van der Waals surface area contributed by atoms with Gasteiger partial charge in [-0.3, -0.25) is 9.59 Å². The Hall–Kier alpha value is -1.10. The van der Waals surface area contributed by atoms with E-state index < -0.39 is 6.10 Å². The van der Waals surface area contributed by atoms with E-state index in [0.717, 1.165) is 12.8 Å². The number of ether oxygens (including phenoxy) is 1. The van der Waals surface area contributed by atoms with Crippen molar-refractivity contribution in [1.29, 1.82) is 0 Å². The molecule has 5 heteroatoms. The summed E-state index contributed by atoms with van der Waals surface area (Å²) in [5.41, 5.74) is 5.64. The predicted molar refractivity (Wildman–Crippen MR) is 68.7 cm³/mol. The SMILES string of the molecule is CC(C)C[C@H](CN)CC(=O)O[C@@H]1CCCNC1=O. The highest BCUT2D eigenvalue weighted by Crippen LogP contribution is 2.16. The lowest BCUT2D eigenvalue weighted by Gasteiger charge is -2.23. The second-order valence-electron chi connectivity index (χ2n) is 5.35. The molecule has 0 aromatic carbocycles. The van der Waals surface area contributed by atoms with Crippen LogP contribution in [-0.2, 0) is 14.3 Å². The number of hydrogen-bond donors (Lipinski definition) is 2. The second kappa shape index (κ2) is 7.36. The van der Waals surface area contributed by atoms with Gasteiger partial charge in [0.1, 0.15) is 0 Å². The highest BCUT2D eigenvalue weighted by Gasteiger charge is 2.26. The number of hydrogen-bond acceptors (Lipinski definition) is 4. The summed E-state index contributed by atoms with van der Waals surface area (Å²) in [6.07, 6.45) is 2.08. The zero-order chi connectivity index (χ0) is 13.5. The van der Waals surface area contributed by atoms with Crippen LogP contribution in [0.15, 0.2) is 0 Å². The average molecular weight is 256 g/mol. The van der Waals surface area contributed by atoms with Gasteiger partial charge >= 0.3 is 5.97 Å². The van der Waals surface area contributed by atoms with Crippen LogP contribution in [-0.4, -0.2) is 31.1 Å². The highest BCUT2D eigenvalue weighted by atomic mass is 16.5. The maximum Gasteiger partial charge on any atom is 0.306 e. The Kier molecular flexibility index (Phi) is 6.12. The number of amides is 1. The van der Waals surface area contributed by atoms with Crippen molar-refractivity contribution in [1.82, 2.24) is 5.32 Å². The van der Waals surface area contributed by atoms with E-state index in [0.29, 0.717) is 31.8 Å². The van der Waals surface area contributed by atoms with Crippen molar-refractivity contribution in [3.63, 3.8) is 0 Å². The molecule has 1 heterocycles. The molecule has 1 amide bonds. The van der Waals surface area contributed by atoms with Gasteiger partial charge in [0.15, 0.2) is 6.10 Å². The number of esters is 1. The van der Waals surface area contributed by atoms with Crippen LogP contribution in [0.5, 0.6) is 0 Å². The van der Waals surface area contributed by atoms with Crippen LogP contribution in [0.25, 0.3) is 0 Å². The van der Waals surface area contributed by atoms with Crippen LogP contribution in [0, 0.1) is 11.8 Å². The van der Waals surface area contributed by atoms with Gasteiger partial charge in [0, 0.05) is 13.0 Å². The van der Waals surface area contributed by atoms with E-state index in [1.165, 1.54) is 0 Å². The molecular formula is C13H24N2O3. The molecule has 1 fully saturated rings. The number of piperidine rings is 1. The predicted octanol–water partition coefficient (Wildman–Crippen LogP) is 0.819. The summed E-state index contributed by atoms with van der Waals surface area (Å²) in [7, 11) is 0. The number of nitrogens with two attached hydrogens (primary N) is 1. The standard InChI is InChI=1S/C13H24N2O3/c1-9(2)6-10(8-14)7-12(16)18-11-4-3-5-15-13(11)17/h9-11H,3-8,14H2,1-2H3,(H,15,17)/t10-,11+/m0/s1. The van der Waals surface area contributed by atoms with E-state index in [1.54, 1.807) is 0 Å². The van der Waals surface area contributed by atoms with E-state index in [9.17, 15) is 9.59 Å². The molecule has 2 atom stereocenters. The molecule has 0 aromatic rings. The third kappa shape index (κ3) is 5.04. The summed E-state index contributed by atoms with van der Waals surface area (Å²) < 4.78 is 5.21. The van der Waals surface area contributed by atoms with E-state index in [4.69, 9.17) is 10.5 Å². The fraction of sp³-hybridized carbons (Fsp3) is 0.846. The molecule has 0 aliphatic carbocycles. The summed E-state index contributed by atoms with van der Waals surface area (Å²) in [5.74, 6) is 0.157. The Balaban J connectivity index is 2.37. The molecule has 3 N–H and O–H groups in total. The molecule has 0 bridgehead atoms. The quantitative estimate of drug-likeness (QED) is 0.689. The van der Waals surface area contributed by atoms with Crippen molar-refractivity contribution in [3.8, 4) is 0 Å². The Morgan fingerprint density at radius 1 is 1.56 bits per heavy atom. The lowest BCUT2D eigenvalue weighted by atomic mass is 9.94. The van der Waals surface area contributed by atoms with E-state index in [2.05, 4.69) is 19.2 Å². The molecule has 1 aliphatic rings. The first-order valence-electron chi connectivity index (χ1n) is 6.70. The molecule has 0 spiro atoms. The van der Waals surface area contributed by atoms with Crippen molar-refractivity contribution in [3.05, 3.63) is 0 Å². The molecule has 0 aromatic heterocycles. The number of carbonyl (C=O) groups is 2. The number of rotatable bonds is 6. The van der Waals surface area contributed by atoms with Crippen LogP contribution in [0.4, 0.5) is 0 Å². The number of nitrogens with one attached hydrogen (secondary N) is 1. The van der Waals surface area contributed by atoms with Crippen molar-refractivity contribution < 1.29 is 14.3 Å². The minimum absolute atomic E-state index is 0.143. The molecule has 5 nitrogen and oxygen atoms in total. The monoisotopic (exact) mass is 256 g/mol. The van der Waals surface area contributed by atoms with Gasteiger partial charge in [0.25, 0.3) is 5.91 Å². The Morgan fingerprint density at radius 3 is 2.83 bits per heavy atom. The van der Waals surface area contributed by atoms with Gasteiger partial charge in [-0.25, -0.2) is 0 Å². The van der Waals surface area contributed by atoms with Crippen molar-refractivity contribution >= 4 is 11.9 Å². The Labute approximate surface area is 108 Å². The van der Waals surface area contributed by atoms with Crippen LogP contribution >= 0.6 is 0 Å².